The Hall–Kier alpha value is -3.74. The van der Waals surface area contributed by atoms with Crippen molar-refractivity contribution in [3.05, 3.63) is 76.6 Å². The van der Waals surface area contributed by atoms with Crippen molar-refractivity contribution >= 4 is 11.8 Å². The molecule has 1 heterocycles. The number of allylic oxidation sites excluding steroid dienone is 3. The molecule has 4 rings (SSSR count). The fourth-order valence-electron chi connectivity index (χ4n) is 5.11. The molecule has 1 N–H and O–H groups in total. The van der Waals surface area contributed by atoms with Gasteiger partial charge in [0.05, 0.1) is 39.4 Å². The van der Waals surface area contributed by atoms with Gasteiger partial charge in [-0.25, -0.2) is 4.79 Å². The normalized spacial score (nSPS) is 21.5. The zero-order valence-corrected chi connectivity index (χ0v) is 20.7. The highest BCUT2D eigenvalue weighted by Crippen LogP contribution is 2.48. The molecular formula is C28H31NO6. The van der Waals surface area contributed by atoms with Crippen LogP contribution in [0.15, 0.2) is 65.5 Å². The molecule has 2 aromatic rings. The van der Waals surface area contributed by atoms with Gasteiger partial charge in [-0.1, -0.05) is 30.3 Å². The lowest BCUT2D eigenvalue weighted by Gasteiger charge is -2.39. The predicted molar refractivity (Wildman–Crippen MR) is 132 cm³/mol. The number of rotatable bonds is 7. The van der Waals surface area contributed by atoms with Crippen LogP contribution < -0.4 is 19.5 Å². The van der Waals surface area contributed by atoms with Gasteiger partial charge in [-0.05, 0) is 37.6 Å². The van der Waals surface area contributed by atoms with E-state index in [-0.39, 0.29) is 11.7 Å². The molecule has 0 saturated carbocycles. The van der Waals surface area contributed by atoms with E-state index in [4.69, 9.17) is 18.9 Å². The van der Waals surface area contributed by atoms with Gasteiger partial charge in [0.2, 0.25) is 0 Å². The van der Waals surface area contributed by atoms with Crippen molar-refractivity contribution in [1.82, 2.24) is 5.32 Å². The van der Waals surface area contributed by atoms with Crippen LogP contribution in [0.4, 0.5) is 0 Å². The quantitative estimate of drug-likeness (QED) is 0.588. The molecule has 7 heteroatoms. The minimum Gasteiger partial charge on any atom is -0.494 e. The number of methoxy groups -OCH3 is 3. The first kappa shape index (κ1) is 24.4. The molecule has 1 aliphatic heterocycles. The number of hydrogen-bond acceptors (Lipinski definition) is 7. The maximum absolute atomic E-state index is 13.8. The second-order valence-electron chi connectivity index (χ2n) is 8.59. The minimum absolute atomic E-state index is 0.0417. The smallest absolute Gasteiger partial charge is 0.336 e. The van der Waals surface area contributed by atoms with E-state index < -0.39 is 17.8 Å². The third-order valence-corrected chi connectivity index (χ3v) is 6.66. The number of ether oxygens (including phenoxy) is 4. The minimum atomic E-state index is -0.550. The van der Waals surface area contributed by atoms with Crippen LogP contribution in [0.1, 0.15) is 43.2 Å². The van der Waals surface area contributed by atoms with Crippen molar-refractivity contribution in [2.75, 3.05) is 27.9 Å². The summed E-state index contributed by atoms with van der Waals surface area (Å²) >= 11 is 0. The molecule has 0 radical (unpaired) electrons. The number of para-hydroxylation sites is 1. The Kier molecular flexibility index (Phi) is 7.15. The Labute approximate surface area is 205 Å². The number of nitrogens with one attached hydrogen (secondary N) is 1. The van der Waals surface area contributed by atoms with Crippen LogP contribution in [-0.4, -0.2) is 39.7 Å². The molecule has 7 nitrogen and oxygen atoms in total. The van der Waals surface area contributed by atoms with Crippen LogP contribution in [0.25, 0.3) is 0 Å². The molecular weight excluding hydrogens is 446 g/mol. The molecule has 0 saturated heterocycles. The van der Waals surface area contributed by atoms with Crippen molar-refractivity contribution in [3.8, 4) is 17.2 Å². The monoisotopic (exact) mass is 477 g/mol. The van der Waals surface area contributed by atoms with Gasteiger partial charge in [-0.2, -0.15) is 0 Å². The Morgan fingerprint density at radius 1 is 1.00 bits per heavy atom. The fourth-order valence-corrected chi connectivity index (χ4v) is 5.11. The summed E-state index contributed by atoms with van der Waals surface area (Å²) in [6.07, 6.45) is 2.38. The average Bonchev–Trinajstić information content (AvgIpc) is 2.87. The number of fused-ring (bicyclic) bond motifs is 1. The number of carbonyl (C=O) groups is 2. The van der Waals surface area contributed by atoms with Crippen molar-refractivity contribution in [1.29, 1.82) is 0 Å². The van der Waals surface area contributed by atoms with Crippen LogP contribution in [0.3, 0.4) is 0 Å². The van der Waals surface area contributed by atoms with Crippen molar-refractivity contribution in [2.24, 2.45) is 5.92 Å². The molecule has 3 unspecified atom stereocenters. The summed E-state index contributed by atoms with van der Waals surface area (Å²) in [6.45, 7) is 4.22. The summed E-state index contributed by atoms with van der Waals surface area (Å²) in [5.74, 6) is 0.278. The lowest BCUT2D eigenvalue weighted by atomic mass is 9.68. The first-order valence-corrected chi connectivity index (χ1v) is 11.7. The first-order valence-electron chi connectivity index (χ1n) is 11.7. The van der Waals surface area contributed by atoms with Crippen molar-refractivity contribution in [3.63, 3.8) is 0 Å². The van der Waals surface area contributed by atoms with Gasteiger partial charge < -0.3 is 24.3 Å². The second-order valence-corrected chi connectivity index (χ2v) is 8.59. The summed E-state index contributed by atoms with van der Waals surface area (Å²) in [4.78, 5) is 26.7. The number of hydrogen-bond donors (Lipinski definition) is 1. The molecule has 0 bridgehead atoms. The fraction of sp³-hybridized carbons (Fsp3) is 0.357. The Morgan fingerprint density at radius 2 is 1.74 bits per heavy atom. The van der Waals surface area contributed by atoms with E-state index in [1.807, 2.05) is 56.3 Å². The molecule has 0 aromatic heterocycles. The van der Waals surface area contributed by atoms with E-state index in [1.54, 1.807) is 14.2 Å². The van der Waals surface area contributed by atoms with E-state index in [9.17, 15) is 9.59 Å². The number of carbonyl (C=O) groups excluding carboxylic acids is 2. The summed E-state index contributed by atoms with van der Waals surface area (Å²) in [6, 6.07) is 13.3. The highest BCUT2D eigenvalue weighted by atomic mass is 16.5. The van der Waals surface area contributed by atoms with Gasteiger partial charge >= 0.3 is 5.97 Å². The lowest BCUT2D eigenvalue weighted by Crippen LogP contribution is -2.42. The largest absolute Gasteiger partial charge is 0.494 e. The first-order chi connectivity index (χ1) is 16.9. The summed E-state index contributed by atoms with van der Waals surface area (Å²) in [7, 11) is 4.54. The van der Waals surface area contributed by atoms with Gasteiger partial charge in [0.1, 0.15) is 11.5 Å². The van der Waals surface area contributed by atoms with Gasteiger partial charge in [0.25, 0.3) is 0 Å². The lowest BCUT2D eigenvalue weighted by molar-refractivity contribution is -0.136. The third kappa shape index (κ3) is 4.50. The van der Waals surface area contributed by atoms with Crippen molar-refractivity contribution in [2.45, 2.75) is 32.1 Å². The van der Waals surface area contributed by atoms with E-state index in [2.05, 4.69) is 11.4 Å². The maximum Gasteiger partial charge on any atom is 0.336 e. The number of benzene rings is 2. The molecule has 2 aliphatic rings. The van der Waals surface area contributed by atoms with E-state index in [1.165, 1.54) is 7.11 Å². The maximum atomic E-state index is 13.8. The molecule has 0 amide bonds. The topological polar surface area (TPSA) is 83.1 Å². The number of ketones is 1. The molecule has 0 fully saturated rings. The highest BCUT2D eigenvalue weighted by molar-refractivity contribution is 5.96. The van der Waals surface area contributed by atoms with E-state index in [0.717, 1.165) is 16.8 Å². The van der Waals surface area contributed by atoms with Gasteiger partial charge in [-0.3, -0.25) is 4.79 Å². The second kappa shape index (κ2) is 10.3. The van der Waals surface area contributed by atoms with Crippen molar-refractivity contribution < 1.29 is 28.5 Å². The molecule has 0 spiro atoms. The third-order valence-electron chi connectivity index (χ3n) is 6.66. The number of Topliss-reactive ketones (excluding diaryl/α,β-unsaturated/α-hetero) is 1. The van der Waals surface area contributed by atoms with Crippen LogP contribution in [0.2, 0.25) is 0 Å². The van der Waals surface area contributed by atoms with Crippen LogP contribution in [0.5, 0.6) is 17.2 Å². The summed E-state index contributed by atoms with van der Waals surface area (Å²) in [5, 5.41) is 3.34. The predicted octanol–water partition coefficient (Wildman–Crippen LogP) is 4.49. The van der Waals surface area contributed by atoms with Gasteiger partial charge in [0, 0.05) is 35.2 Å². The Balaban J connectivity index is 1.83. The van der Waals surface area contributed by atoms with Gasteiger partial charge in [-0.15, -0.1) is 0 Å². The zero-order chi connectivity index (χ0) is 25.1. The van der Waals surface area contributed by atoms with Gasteiger partial charge in [0.15, 0.2) is 11.5 Å². The molecule has 3 atom stereocenters. The standard InChI is InChI=1S/C28H31NO6/c1-6-35-22-10-8-7-9-19(22)26-25(28(31)34-5)16(2)29-20-13-18(14-21(30)27(20)26)17-11-12-23(32-3)24(15-17)33-4/h7-13,15,18,26-27,29H,6,14H2,1-5H3. The highest BCUT2D eigenvalue weighted by Gasteiger charge is 2.45. The molecule has 35 heavy (non-hydrogen) atoms. The van der Waals surface area contributed by atoms with Crippen LogP contribution in [-0.2, 0) is 14.3 Å². The molecule has 1 aliphatic carbocycles. The zero-order valence-electron chi connectivity index (χ0n) is 20.7. The summed E-state index contributed by atoms with van der Waals surface area (Å²) in [5.41, 5.74) is 3.64. The van der Waals surface area contributed by atoms with E-state index >= 15 is 0 Å². The van der Waals surface area contributed by atoms with Crippen LogP contribution in [0, 0.1) is 5.92 Å². The number of esters is 1. The SMILES string of the molecule is CCOc1ccccc1C1C(C(=O)OC)=C(C)NC2=CC(c3ccc(OC)c(OC)c3)CC(=O)C21. The van der Waals surface area contributed by atoms with E-state index in [0.29, 0.717) is 41.5 Å². The Morgan fingerprint density at radius 3 is 2.43 bits per heavy atom. The summed E-state index contributed by atoms with van der Waals surface area (Å²) < 4.78 is 21.8. The van der Waals surface area contributed by atoms with Crippen LogP contribution >= 0.6 is 0 Å². The molecule has 2 aromatic carbocycles. The average molecular weight is 478 g/mol. The molecule has 184 valence electrons. The Bertz CT molecular complexity index is 1200.